The Bertz CT molecular complexity index is 960. The van der Waals surface area contributed by atoms with Gasteiger partial charge >= 0.3 is 5.97 Å². The predicted octanol–water partition coefficient (Wildman–Crippen LogP) is 2.71. The number of carboxylic acids is 1. The summed E-state index contributed by atoms with van der Waals surface area (Å²) in [7, 11) is 0. The molecule has 8 heteroatoms. The molecule has 150 valence electrons. The van der Waals surface area contributed by atoms with E-state index in [1.54, 1.807) is 24.8 Å². The summed E-state index contributed by atoms with van der Waals surface area (Å²) in [6.07, 6.45) is 9.02. The Labute approximate surface area is 168 Å². The third-order valence-corrected chi connectivity index (χ3v) is 5.06. The lowest BCUT2D eigenvalue weighted by Crippen LogP contribution is -2.34. The second-order valence-electron chi connectivity index (χ2n) is 7.09. The number of aromatic amines is 1. The van der Waals surface area contributed by atoms with Crippen molar-refractivity contribution >= 4 is 5.97 Å². The van der Waals surface area contributed by atoms with Gasteiger partial charge in [0, 0.05) is 49.4 Å². The molecular weight excluding hydrogens is 370 g/mol. The topological polar surface area (TPSA) is 104 Å². The van der Waals surface area contributed by atoms with Crippen LogP contribution in [0, 0.1) is 0 Å². The Balaban J connectivity index is 1.50. The van der Waals surface area contributed by atoms with Crippen molar-refractivity contribution in [2.75, 3.05) is 19.7 Å². The molecule has 3 aromatic rings. The van der Waals surface area contributed by atoms with Gasteiger partial charge in [-0.25, -0.2) is 14.8 Å². The van der Waals surface area contributed by atoms with E-state index in [2.05, 4.69) is 24.8 Å². The van der Waals surface area contributed by atoms with Crippen LogP contribution in [-0.2, 0) is 11.3 Å². The monoisotopic (exact) mass is 393 g/mol. The number of rotatable bonds is 7. The molecule has 2 aromatic heterocycles. The Morgan fingerprint density at radius 2 is 2.07 bits per heavy atom. The molecule has 0 amide bonds. The molecule has 0 bridgehead atoms. The highest BCUT2D eigenvalue weighted by atomic mass is 16.5. The summed E-state index contributed by atoms with van der Waals surface area (Å²) in [6, 6.07) is 7.60. The first-order valence-electron chi connectivity index (χ1n) is 9.66. The van der Waals surface area contributed by atoms with Crippen molar-refractivity contribution in [3.63, 3.8) is 0 Å². The van der Waals surface area contributed by atoms with Gasteiger partial charge in [0.25, 0.3) is 0 Å². The van der Waals surface area contributed by atoms with Crippen molar-refractivity contribution in [3.05, 3.63) is 60.3 Å². The van der Waals surface area contributed by atoms with Crippen LogP contribution in [0.5, 0.6) is 5.75 Å². The quantitative estimate of drug-likeness (QED) is 0.636. The Morgan fingerprint density at radius 3 is 2.90 bits per heavy atom. The molecule has 4 rings (SSSR count). The second kappa shape index (κ2) is 8.83. The number of nitrogens with one attached hydrogen (secondary N) is 1. The van der Waals surface area contributed by atoms with E-state index in [9.17, 15) is 4.79 Å². The van der Waals surface area contributed by atoms with Crippen molar-refractivity contribution in [1.29, 1.82) is 0 Å². The van der Waals surface area contributed by atoms with Gasteiger partial charge in [-0.15, -0.1) is 0 Å². The van der Waals surface area contributed by atoms with Gasteiger partial charge in [0.05, 0.1) is 5.69 Å². The van der Waals surface area contributed by atoms with Crippen LogP contribution in [0.4, 0.5) is 0 Å². The number of para-hydroxylation sites is 1. The summed E-state index contributed by atoms with van der Waals surface area (Å²) >= 11 is 0. The molecule has 0 aliphatic carbocycles. The minimum absolute atomic E-state index is 0.254. The summed E-state index contributed by atoms with van der Waals surface area (Å²) in [5.41, 5.74) is 2.75. The lowest BCUT2D eigenvalue weighted by Gasteiger charge is -2.33. The maximum absolute atomic E-state index is 10.8. The van der Waals surface area contributed by atoms with Gasteiger partial charge in [-0.1, -0.05) is 18.2 Å². The highest BCUT2D eigenvalue weighted by molar-refractivity contribution is 5.68. The third-order valence-electron chi connectivity index (χ3n) is 5.06. The first-order chi connectivity index (χ1) is 14.2. The Kier molecular flexibility index (Phi) is 5.81. The normalized spacial score (nSPS) is 17.2. The number of H-pyrrole nitrogens is 1. The van der Waals surface area contributed by atoms with Gasteiger partial charge in [-0.2, -0.15) is 0 Å². The van der Waals surface area contributed by atoms with Crippen LogP contribution < -0.4 is 4.74 Å². The van der Waals surface area contributed by atoms with Crippen LogP contribution in [0.3, 0.4) is 0 Å². The highest BCUT2D eigenvalue weighted by Crippen LogP contribution is 2.32. The van der Waals surface area contributed by atoms with Crippen molar-refractivity contribution in [1.82, 2.24) is 24.8 Å². The zero-order valence-electron chi connectivity index (χ0n) is 16.0. The van der Waals surface area contributed by atoms with Crippen molar-refractivity contribution in [2.24, 2.45) is 0 Å². The lowest BCUT2D eigenvalue weighted by molar-refractivity contribution is -0.139. The maximum Gasteiger partial charge on any atom is 0.341 e. The van der Waals surface area contributed by atoms with E-state index in [1.165, 1.54) is 0 Å². The number of hydrogen-bond donors (Lipinski definition) is 2. The van der Waals surface area contributed by atoms with Gasteiger partial charge in [0.1, 0.15) is 11.4 Å². The van der Waals surface area contributed by atoms with Gasteiger partial charge in [-0.3, -0.25) is 9.88 Å². The average molecular weight is 393 g/mol. The average Bonchev–Trinajstić information content (AvgIpc) is 3.28. The minimum atomic E-state index is -0.981. The number of piperidine rings is 1. The molecule has 0 radical (unpaired) electrons. The molecule has 29 heavy (non-hydrogen) atoms. The van der Waals surface area contributed by atoms with Crippen molar-refractivity contribution in [3.8, 4) is 17.3 Å². The molecule has 0 spiro atoms. The molecule has 0 saturated carbocycles. The molecule has 1 aliphatic rings. The fraction of sp³-hybridized carbons (Fsp3) is 0.333. The number of hydrogen-bond acceptors (Lipinski definition) is 6. The van der Waals surface area contributed by atoms with Crippen molar-refractivity contribution in [2.45, 2.75) is 25.3 Å². The summed E-state index contributed by atoms with van der Waals surface area (Å²) in [4.78, 5) is 29.8. The number of aliphatic carboxylic acids is 1. The zero-order valence-corrected chi connectivity index (χ0v) is 16.0. The number of carbonyl (C=O) groups is 1. The van der Waals surface area contributed by atoms with E-state index in [0.29, 0.717) is 12.3 Å². The molecular formula is C21H23N5O3. The molecule has 1 fully saturated rings. The van der Waals surface area contributed by atoms with Crippen LogP contribution in [0.15, 0.2) is 49.1 Å². The van der Waals surface area contributed by atoms with E-state index in [1.807, 2.05) is 24.3 Å². The molecule has 1 saturated heterocycles. The fourth-order valence-electron chi connectivity index (χ4n) is 3.80. The molecule has 8 nitrogen and oxygen atoms in total. The van der Waals surface area contributed by atoms with E-state index in [0.717, 1.165) is 48.7 Å². The van der Waals surface area contributed by atoms with Gasteiger partial charge in [-0.05, 0) is 25.5 Å². The number of ether oxygens (including phenoxy) is 1. The molecule has 1 atom stereocenters. The first kappa shape index (κ1) is 19.1. The largest absolute Gasteiger partial charge is 0.482 e. The fourth-order valence-corrected chi connectivity index (χ4v) is 3.80. The maximum atomic E-state index is 10.8. The van der Waals surface area contributed by atoms with Gasteiger partial charge in [0.2, 0.25) is 0 Å². The molecule has 1 aromatic carbocycles. The lowest BCUT2D eigenvalue weighted by atomic mass is 9.92. The predicted molar refractivity (Wildman–Crippen MR) is 106 cm³/mol. The number of imidazole rings is 1. The molecule has 2 N–H and O–H groups in total. The molecule has 1 aliphatic heterocycles. The van der Waals surface area contributed by atoms with E-state index < -0.39 is 5.97 Å². The SMILES string of the molecule is O=C(O)COc1ccccc1CN1CCCC(c2nccnc2-c2ncc[nH]2)C1. The van der Waals surface area contributed by atoms with Crippen LogP contribution in [-0.4, -0.2) is 55.6 Å². The van der Waals surface area contributed by atoms with Crippen LogP contribution in [0.25, 0.3) is 11.5 Å². The first-order valence-corrected chi connectivity index (χ1v) is 9.66. The standard InChI is InChI=1S/C21H23N5O3/c27-18(28)14-29-17-6-2-1-4-15(17)12-26-11-3-5-16(13-26)19-20(23-8-7-22-19)21-24-9-10-25-21/h1-2,4,6-10,16H,3,5,11-14H2,(H,24,25)(H,27,28). The van der Waals surface area contributed by atoms with E-state index in [-0.39, 0.29) is 12.5 Å². The number of carboxylic acid groups (broad SMARTS) is 1. The van der Waals surface area contributed by atoms with Crippen LogP contribution >= 0.6 is 0 Å². The van der Waals surface area contributed by atoms with Gasteiger partial charge < -0.3 is 14.8 Å². The number of benzene rings is 1. The van der Waals surface area contributed by atoms with Crippen LogP contribution in [0.2, 0.25) is 0 Å². The van der Waals surface area contributed by atoms with Gasteiger partial charge in [0.15, 0.2) is 12.4 Å². The summed E-state index contributed by atoms with van der Waals surface area (Å²) < 4.78 is 5.46. The smallest absolute Gasteiger partial charge is 0.341 e. The Morgan fingerprint density at radius 1 is 1.21 bits per heavy atom. The summed E-state index contributed by atoms with van der Waals surface area (Å²) in [5, 5.41) is 8.90. The number of aromatic nitrogens is 4. The van der Waals surface area contributed by atoms with E-state index >= 15 is 0 Å². The van der Waals surface area contributed by atoms with E-state index in [4.69, 9.17) is 9.84 Å². The zero-order chi connectivity index (χ0) is 20.1. The number of nitrogens with zero attached hydrogens (tertiary/aromatic N) is 4. The number of likely N-dealkylation sites (tertiary alicyclic amines) is 1. The third kappa shape index (κ3) is 4.60. The summed E-state index contributed by atoms with van der Waals surface area (Å²) in [5.74, 6) is 0.626. The van der Waals surface area contributed by atoms with Crippen molar-refractivity contribution < 1.29 is 14.6 Å². The Hall–Kier alpha value is -3.26. The highest BCUT2D eigenvalue weighted by Gasteiger charge is 2.26. The second-order valence-corrected chi connectivity index (χ2v) is 7.09. The minimum Gasteiger partial charge on any atom is -0.482 e. The summed E-state index contributed by atoms with van der Waals surface area (Å²) in [6.45, 7) is 2.17. The molecule has 3 heterocycles. The molecule has 1 unspecified atom stereocenters. The van der Waals surface area contributed by atoms with Crippen LogP contribution in [0.1, 0.15) is 30.0 Å².